The predicted octanol–water partition coefficient (Wildman–Crippen LogP) is 3.25. The van der Waals surface area contributed by atoms with E-state index in [4.69, 9.17) is 11.6 Å². The smallest absolute Gasteiger partial charge is 0.422 e. The van der Waals surface area contributed by atoms with E-state index in [9.17, 15) is 18.0 Å². The lowest BCUT2D eigenvalue weighted by atomic mass is 10.0. The minimum atomic E-state index is -4.80. The molecule has 100 valence electrons. The molecule has 0 heterocycles. The van der Waals surface area contributed by atoms with Crippen LogP contribution in [-0.4, -0.2) is 24.8 Å². The summed E-state index contributed by atoms with van der Waals surface area (Å²) < 4.78 is 43.0. The van der Waals surface area contributed by atoms with Gasteiger partial charge in [0.2, 0.25) is 5.54 Å². The maximum Gasteiger partial charge on any atom is 0.422 e. The number of hydrogen-bond donors (Lipinski definition) is 1. The predicted molar refractivity (Wildman–Crippen MR) is 61.6 cm³/mol. The molecule has 1 N–H and O–H groups in total. The first-order valence-corrected chi connectivity index (χ1v) is 5.27. The van der Waals surface area contributed by atoms with Crippen LogP contribution in [0.3, 0.4) is 0 Å². The van der Waals surface area contributed by atoms with E-state index < -0.39 is 17.7 Å². The van der Waals surface area contributed by atoms with Crippen LogP contribution < -0.4 is 5.32 Å². The number of nitrogens with one attached hydrogen (secondary N) is 1. The first-order chi connectivity index (χ1) is 8.20. The molecule has 0 aliphatic carbocycles. The van der Waals surface area contributed by atoms with E-state index in [1.54, 1.807) is 0 Å². The number of hydrogen-bond acceptors (Lipinski definition) is 3. The van der Waals surface area contributed by atoms with Crippen molar-refractivity contribution in [2.45, 2.75) is 18.6 Å². The van der Waals surface area contributed by atoms with Gasteiger partial charge in [0.05, 0.1) is 7.11 Å². The molecular formula is C11H11ClF3NO2. The van der Waals surface area contributed by atoms with E-state index in [1.807, 2.05) is 0 Å². The van der Waals surface area contributed by atoms with Gasteiger partial charge in [-0.2, -0.15) is 13.2 Å². The molecule has 0 fully saturated rings. The van der Waals surface area contributed by atoms with Crippen LogP contribution in [0.4, 0.5) is 18.9 Å². The van der Waals surface area contributed by atoms with Gasteiger partial charge in [-0.05, 0) is 25.1 Å². The fourth-order valence-electron chi connectivity index (χ4n) is 1.30. The molecule has 0 amide bonds. The maximum atomic E-state index is 12.9. The molecule has 7 heteroatoms. The molecular weight excluding hydrogens is 271 g/mol. The van der Waals surface area contributed by atoms with Crippen molar-refractivity contribution in [3.8, 4) is 0 Å². The Morgan fingerprint density at radius 3 is 2.44 bits per heavy atom. The van der Waals surface area contributed by atoms with Crippen LogP contribution in [0.25, 0.3) is 0 Å². The first-order valence-electron chi connectivity index (χ1n) is 4.89. The van der Waals surface area contributed by atoms with Crippen molar-refractivity contribution in [2.75, 3.05) is 12.4 Å². The number of ether oxygens (including phenoxy) is 1. The Bertz CT molecular complexity index is 450. The Hall–Kier alpha value is -1.43. The van der Waals surface area contributed by atoms with Gasteiger partial charge >= 0.3 is 12.1 Å². The highest BCUT2D eigenvalue weighted by atomic mass is 35.5. The molecule has 0 aromatic heterocycles. The molecule has 1 unspecified atom stereocenters. The number of rotatable bonds is 3. The van der Waals surface area contributed by atoms with Crippen molar-refractivity contribution >= 4 is 23.3 Å². The van der Waals surface area contributed by atoms with E-state index in [0.717, 1.165) is 7.11 Å². The summed E-state index contributed by atoms with van der Waals surface area (Å²) >= 11 is 5.66. The number of carbonyl (C=O) groups excluding carboxylic acids is 1. The lowest BCUT2D eigenvalue weighted by molar-refractivity contribution is -0.195. The second kappa shape index (κ2) is 5.06. The van der Waals surface area contributed by atoms with Gasteiger partial charge in [-0.25, -0.2) is 4.79 Å². The number of anilines is 1. The Morgan fingerprint density at radius 1 is 1.39 bits per heavy atom. The van der Waals surface area contributed by atoms with Crippen molar-refractivity contribution < 1.29 is 22.7 Å². The zero-order valence-corrected chi connectivity index (χ0v) is 10.4. The lowest BCUT2D eigenvalue weighted by Gasteiger charge is -2.31. The van der Waals surface area contributed by atoms with E-state index in [1.165, 1.54) is 24.3 Å². The number of methoxy groups -OCH3 is 1. The molecule has 0 saturated carbocycles. The third-order valence-electron chi connectivity index (χ3n) is 2.38. The van der Waals surface area contributed by atoms with Crippen LogP contribution in [0, 0.1) is 0 Å². The molecule has 1 rings (SSSR count). The fourth-order valence-corrected chi connectivity index (χ4v) is 1.49. The van der Waals surface area contributed by atoms with E-state index >= 15 is 0 Å². The van der Waals surface area contributed by atoms with Gasteiger partial charge in [0.15, 0.2) is 0 Å². The Balaban J connectivity index is 3.11. The molecule has 1 aromatic rings. The van der Waals surface area contributed by atoms with E-state index in [-0.39, 0.29) is 10.7 Å². The molecule has 0 radical (unpaired) electrons. The Labute approximate surface area is 107 Å². The first kappa shape index (κ1) is 14.6. The largest absolute Gasteiger partial charge is 0.467 e. The lowest BCUT2D eigenvalue weighted by Crippen LogP contribution is -2.56. The highest BCUT2D eigenvalue weighted by molar-refractivity contribution is 6.30. The molecule has 1 aromatic carbocycles. The standard InChI is InChI=1S/C11H11ClF3NO2/c1-10(9(17)18-2,11(13,14)15)16-8-5-3-4-7(12)6-8/h3-6,16H,1-2H3. The Kier molecular flexibility index (Phi) is 4.11. The number of esters is 1. The summed E-state index contributed by atoms with van der Waals surface area (Å²) in [6.07, 6.45) is -4.80. The third kappa shape index (κ3) is 2.87. The second-order valence-electron chi connectivity index (χ2n) is 3.75. The maximum absolute atomic E-state index is 12.9. The van der Waals surface area contributed by atoms with Gasteiger partial charge in [0.25, 0.3) is 0 Å². The monoisotopic (exact) mass is 281 g/mol. The van der Waals surface area contributed by atoms with E-state index in [2.05, 4.69) is 10.1 Å². The zero-order chi connectivity index (χ0) is 14.0. The molecule has 0 saturated heterocycles. The molecule has 0 aliphatic heterocycles. The van der Waals surface area contributed by atoms with E-state index in [0.29, 0.717) is 6.92 Å². The molecule has 0 spiro atoms. The summed E-state index contributed by atoms with van der Waals surface area (Å²) in [4.78, 5) is 11.3. The van der Waals surface area contributed by atoms with Gasteiger partial charge in [-0.3, -0.25) is 0 Å². The van der Waals surface area contributed by atoms with Crippen LogP contribution in [0.1, 0.15) is 6.92 Å². The minimum absolute atomic E-state index is 0.0766. The Morgan fingerprint density at radius 2 is 2.00 bits per heavy atom. The number of benzene rings is 1. The highest BCUT2D eigenvalue weighted by Crippen LogP contribution is 2.34. The van der Waals surface area contributed by atoms with Crippen molar-refractivity contribution in [2.24, 2.45) is 0 Å². The zero-order valence-electron chi connectivity index (χ0n) is 9.64. The van der Waals surface area contributed by atoms with Gasteiger partial charge in [-0.1, -0.05) is 17.7 Å². The molecule has 1 atom stereocenters. The summed E-state index contributed by atoms with van der Waals surface area (Å²) in [7, 11) is 0.895. The van der Waals surface area contributed by atoms with Gasteiger partial charge in [0, 0.05) is 10.7 Å². The average molecular weight is 282 g/mol. The van der Waals surface area contributed by atoms with Crippen molar-refractivity contribution in [1.29, 1.82) is 0 Å². The van der Waals surface area contributed by atoms with Crippen molar-refractivity contribution in [3.63, 3.8) is 0 Å². The van der Waals surface area contributed by atoms with Crippen molar-refractivity contribution in [3.05, 3.63) is 29.3 Å². The van der Waals surface area contributed by atoms with Crippen LogP contribution >= 0.6 is 11.6 Å². The summed E-state index contributed by atoms with van der Waals surface area (Å²) in [6.45, 7) is 0.708. The van der Waals surface area contributed by atoms with Gasteiger partial charge in [-0.15, -0.1) is 0 Å². The average Bonchev–Trinajstić information content (AvgIpc) is 2.26. The fraction of sp³-hybridized carbons (Fsp3) is 0.364. The molecule has 0 bridgehead atoms. The quantitative estimate of drug-likeness (QED) is 0.865. The summed E-state index contributed by atoms with van der Waals surface area (Å²) in [6, 6.07) is 5.64. The SMILES string of the molecule is COC(=O)C(C)(Nc1cccc(Cl)c1)C(F)(F)F. The van der Waals surface area contributed by atoms with Crippen LogP contribution in [0.5, 0.6) is 0 Å². The molecule has 3 nitrogen and oxygen atoms in total. The molecule has 0 aliphatic rings. The topological polar surface area (TPSA) is 38.3 Å². The normalized spacial score (nSPS) is 14.8. The number of alkyl halides is 3. The summed E-state index contributed by atoms with van der Waals surface area (Å²) in [5.74, 6) is -1.42. The van der Waals surface area contributed by atoms with Gasteiger partial charge < -0.3 is 10.1 Å². The van der Waals surface area contributed by atoms with Gasteiger partial charge in [0.1, 0.15) is 0 Å². The highest BCUT2D eigenvalue weighted by Gasteiger charge is 2.58. The second-order valence-corrected chi connectivity index (χ2v) is 4.19. The number of halogens is 4. The van der Waals surface area contributed by atoms with Crippen molar-refractivity contribution in [1.82, 2.24) is 0 Å². The van der Waals surface area contributed by atoms with Crippen LogP contribution in [0.2, 0.25) is 5.02 Å². The summed E-state index contributed by atoms with van der Waals surface area (Å²) in [5, 5.41) is 2.36. The molecule has 18 heavy (non-hydrogen) atoms. The minimum Gasteiger partial charge on any atom is -0.467 e. The summed E-state index contributed by atoms with van der Waals surface area (Å²) in [5.41, 5.74) is -2.75. The van der Waals surface area contributed by atoms with Crippen LogP contribution in [-0.2, 0) is 9.53 Å². The van der Waals surface area contributed by atoms with Crippen LogP contribution in [0.15, 0.2) is 24.3 Å². The number of carbonyl (C=O) groups is 1. The third-order valence-corrected chi connectivity index (χ3v) is 2.61.